The molecule has 0 aliphatic heterocycles. The summed E-state index contributed by atoms with van der Waals surface area (Å²) in [4.78, 5) is 58.7. The molecule has 0 aliphatic rings. The highest BCUT2D eigenvalue weighted by Gasteiger charge is 2.29. The first-order valence-corrected chi connectivity index (χ1v) is 41.4. The number of aliphatic hydroxyl groups is 2. The normalized spacial score (nSPS) is 15.0. The number of phosphoric ester groups is 2. The second-order valence-electron chi connectivity index (χ2n) is 25.0. The van der Waals surface area contributed by atoms with Crippen molar-refractivity contribution in [1.82, 2.24) is 0 Å². The molecule has 0 radical (unpaired) electrons. The molecule has 101 heavy (non-hydrogen) atoms. The average molecular weight is 1450 g/mol. The number of hydrogen-bond acceptors (Lipinski definition) is 14. The number of rotatable bonds is 71. The Labute approximate surface area is 612 Å². The van der Waals surface area contributed by atoms with Crippen LogP contribution >= 0.6 is 15.6 Å². The fraction of sp³-hybridized carbons (Fsp3) is 0.627. The number of ether oxygens (including phenoxy) is 3. The minimum Gasteiger partial charge on any atom is -0.463 e. The summed E-state index contributed by atoms with van der Waals surface area (Å²) in [7, 11) is -9.81. The monoisotopic (exact) mass is 1450 g/mol. The fourth-order valence-corrected chi connectivity index (χ4v) is 11.3. The Bertz CT molecular complexity index is 2520. The Morgan fingerprint density at radius 1 is 0.277 bits per heavy atom. The van der Waals surface area contributed by atoms with Gasteiger partial charge in [-0.05, 0) is 148 Å². The number of esters is 3. The molecule has 0 amide bonds. The van der Waals surface area contributed by atoms with Gasteiger partial charge in [-0.3, -0.25) is 32.5 Å². The summed E-state index contributed by atoms with van der Waals surface area (Å²) in [5.41, 5.74) is 0. The lowest BCUT2D eigenvalue weighted by molar-refractivity contribution is -0.161. The zero-order chi connectivity index (χ0) is 73.7. The summed E-state index contributed by atoms with van der Waals surface area (Å²) < 4.78 is 61.1. The number of allylic oxidation sites excluding steroid dienone is 28. The van der Waals surface area contributed by atoms with E-state index in [4.69, 9.17) is 32.3 Å². The molecule has 0 saturated carbocycles. The number of unbranched alkanes of at least 4 members (excludes halogenated alkanes) is 20. The van der Waals surface area contributed by atoms with Gasteiger partial charge in [-0.25, -0.2) is 9.13 Å². The van der Waals surface area contributed by atoms with E-state index in [-0.39, 0.29) is 19.3 Å². The van der Waals surface area contributed by atoms with Crippen molar-refractivity contribution in [3.63, 3.8) is 0 Å². The molecule has 0 aromatic heterocycles. The maximum atomic E-state index is 13.0. The van der Waals surface area contributed by atoms with E-state index in [9.17, 15) is 43.5 Å². The molecule has 16 nitrogen and oxygen atoms in total. The van der Waals surface area contributed by atoms with E-state index in [2.05, 4.69) is 191 Å². The van der Waals surface area contributed by atoms with Gasteiger partial charge in [0.1, 0.15) is 25.4 Å². The predicted molar refractivity (Wildman–Crippen MR) is 417 cm³/mol. The predicted octanol–water partition coefficient (Wildman–Crippen LogP) is 22.4. The Balaban J connectivity index is 4.68. The fourth-order valence-electron chi connectivity index (χ4n) is 9.67. The van der Waals surface area contributed by atoms with Gasteiger partial charge >= 0.3 is 33.6 Å². The van der Waals surface area contributed by atoms with Crippen LogP contribution in [0.25, 0.3) is 0 Å². The molecule has 0 saturated heterocycles. The lowest BCUT2D eigenvalue weighted by Gasteiger charge is -2.21. The zero-order valence-corrected chi connectivity index (χ0v) is 64.3. The smallest absolute Gasteiger partial charge is 0.463 e. The molecule has 4 N–H and O–H groups in total. The second kappa shape index (κ2) is 74.6. The van der Waals surface area contributed by atoms with Crippen molar-refractivity contribution in [2.45, 2.75) is 296 Å². The standard InChI is InChI=1S/C83H136O16P2/c1-4-7-10-13-16-19-22-25-28-31-33-35-37-38-40-42-43-46-48-51-54-57-60-63-66-69-81(86)93-72-78(84)73-95-100(89,90)96-74-79(85)75-97-101(91,92)98-77-80(99-83(88)71-68-65-62-59-56-53-50-45-30-27-24-21-18-15-12-9-6-3)76-94-82(87)70-67-64-61-58-55-52-49-47-44-41-39-36-34-32-29-26-23-20-17-14-11-8-5-2/h7-12,16-21,25-30,33-36,38,40-41,44,50,53,78-80,84-85H,4-6,13-15,22-24,31-32,37,39,42-43,45-49,51-52,54-77H2,1-3H3,(H,89,90)(H,91,92)/b10-7-,11-8-,12-9-,19-16-,20-17-,21-18-,28-25-,29-26-,30-27-,35-33-,36-34-,40-38-,44-41-,53-50-. The molecule has 0 fully saturated rings. The van der Waals surface area contributed by atoms with Gasteiger partial charge in [0.25, 0.3) is 0 Å². The number of hydrogen-bond donors (Lipinski definition) is 4. The molecule has 5 atom stereocenters. The lowest BCUT2D eigenvalue weighted by Crippen LogP contribution is -2.30. The maximum absolute atomic E-state index is 13.0. The van der Waals surface area contributed by atoms with Gasteiger partial charge in [0.2, 0.25) is 0 Å². The van der Waals surface area contributed by atoms with E-state index in [0.717, 1.165) is 193 Å². The van der Waals surface area contributed by atoms with Crippen molar-refractivity contribution in [2.24, 2.45) is 0 Å². The van der Waals surface area contributed by atoms with Crippen molar-refractivity contribution >= 4 is 33.6 Å². The molecule has 18 heteroatoms. The third-order valence-electron chi connectivity index (χ3n) is 15.4. The van der Waals surface area contributed by atoms with Crippen molar-refractivity contribution in [1.29, 1.82) is 0 Å². The summed E-state index contributed by atoms with van der Waals surface area (Å²) >= 11 is 0. The molecule has 574 valence electrons. The molecule has 0 heterocycles. The molecule has 0 aliphatic carbocycles. The Morgan fingerprint density at radius 3 is 0.782 bits per heavy atom. The van der Waals surface area contributed by atoms with E-state index in [0.29, 0.717) is 19.3 Å². The summed E-state index contributed by atoms with van der Waals surface area (Å²) in [5.74, 6) is -1.63. The number of carbonyl (C=O) groups is 3. The Morgan fingerprint density at radius 2 is 0.495 bits per heavy atom. The highest BCUT2D eigenvalue weighted by molar-refractivity contribution is 7.47. The van der Waals surface area contributed by atoms with E-state index >= 15 is 0 Å². The van der Waals surface area contributed by atoms with Crippen molar-refractivity contribution in [3.05, 3.63) is 170 Å². The maximum Gasteiger partial charge on any atom is 0.472 e. The largest absolute Gasteiger partial charge is 0.472 e. The molecular formula is C83H136O16P2. The topological polar surface area (TPSA) is 231 Å². The second-order valence-corrected chi connectivity index (χ2v) is 27.9. The van der Waals surface area contributed by atoms with Crippen LogP contribution in [0.3, 0.4) is 0 Å². The highest BCUT2D eigenvalue weighted by atomic mass is 31.2. The first kappa shape index (κ1) is 95.9. The van der Waals surface area contributed by atoms with Gasteiger partial charge < -0.3 is 34.2 Å². The third kappa shape index (κ3) is 75.9. The molecule has 0 aromatic rings. The van der Waals surface area contributed by atoms with Gasteiger partial charge in [-0.1, -0.05) is 281 Å². The lowest BCUT2D eigenvalue weighted by atomic mass is 10.1. The number of phosphoric acid groups is 2. The van der Waals surface area contributed by atoms with Crippen LogP contribution in [-0.4, -0.2) is 95.9 Å². The van der Waals surface area contributed by atoms with Gasteiger partial charge in [0.15, 0.2) is 6.10 Å². The third-order valence-corrected chi connectivity index (χ3v) is 17.3. The van der Waals surface area contributed by atoms with Crippen LogP contribution in [0.2, 0.25) is 0 Å². The molecule has 0 bridgehead atoms. The Hall–Kier alpha value is -5.09. The summed E-state index contributed by atoms with van der Waals surface area (Å²) in [6.07, 6.45) is 93.9. The van der Waals surface area contributed by atoms with Gasteiger partial charge in [0.05, 0.1) is 26.4 Å². The van der Waals surface area contributed by atoms with Crippen LogP contribution in [0.4, 0.5) is 0 Å². The minimum atomic E-state index is -4.95. The highest BCUT2D eigenvalue weighted by Crippen LogP contribution is 2.45. The summed E-state index contributed by atoms with van der Waals surface area (Å²) in [5, 5.41) is 20.6. The first-order valence-electron chi connectivity index (χ1n) is 38.4. The van der Waals surface area contributed by atoms with Crippen LogP contribution in [0, 0.1) is 0 Å². The first-order chi connectivity index (χ1) is 49.2. The van der Waals surface area contributed by atoms with Crippen molar-refractivity contribution in [3.8, 4) is 0 Å². The average Bonchev–Trinajstić information content (AvgIpc) is 0.946. The van der Waals surface area contributed by atoms with Crippen molar-refractivity contribution < 1.29 is 75.8 Å². The van der Waals surface area contributed by atoms with Gasteiger partial charge in [0, 0.05) is 19.3 Å². The van der Waals surface area contributed by atoms with E-state index in [1.807, 2.05) is 0 Å². The van der Waals surface area contributed by atoms with Crippen molar-refractivity contribution in [2.75, 3.05) is 39.6 Å². The van der Waals surface area contributed by atoms with Crippen LogP contribution in [0.1, 0.15) is 278 Å². The van der Waals surface area contributed by atoms with Gasteiger partial charge in [-0.2, -0.15) is 0 Å². The van der Waals surface area contributed by atoms with E-state index in [1.54, 1.807) is 0 Å². The summed E-state index contributed by atoms with van der Waals surface area (Å²) in [6, 6.07) is 0. The number of carbonyl (C=O) groups excluding carboxylic acids is 3. The van der Waals surface area contributed by atoms with Crippen LogP contribution in [0.15, 0.2) is 170 Å². The molecular weight excluding hydrogens is 1310 g/mol. The molecule has 0 aromatic carbocycles. The van der Waals surface area contributed by atoms with E-state index in [1.165, 1.54) is 25.7 Å². The zero-order valence-electron chi connectivity index (χ0n) is 62.5. The summed E-state index contributed by atoms with van der Waals surface area (Å²) in [6.45, 7) is 2.28. The molecule has 5 unspecified atom stereocenters. The quantitative estimate of drug-likeness (QED) is 0.0146. The number of aliphatic hydroxyl groups excluding tert-OH is 2. The van der Waals surface area contributed by atoms with Crippen LogP contribution in [0.5, 0.6) is 0 Å². The van der Waals surface area contributed by atoms with Crippen LogP contribution in [-0.2, 0) is 55.8 Å². The van der Waals surface area contributed by atoms with Crippen LogP contribution < -0.4 is 0 Å². The molecule has 0 rings (SSSR count). The SMILES string of the molecule is CC/C=C\C/C=C\C/C=C\C/C=C\C/C=C\CCCCCCCCCCCC(=O)OCC(O)COP(=O)(O)OCC(O)COP(=O)(O)OCC(COC(=O)CCCCCCCCC/C=C\C/C=C\C/C=C\C/C=C\C/C=C\CC)OC(=O)CCCCCC/C=C\C/C=C\C/C=C\C/C=C\CC. The Kier molecular flexibility index (Phi) is 70.9. The molecule has 0 spiro atoms. The van der Waals surface area contributed by atoms with Gasteiger partial charge in [-0.15, -0.1) is 0 Å². The minimum absolute atomic E-state index is 0.0676. The van der Waals surface area contributed by atoms with E-state index < -0.39 is 91.5 Å².